The first-order valence-corrected chi connectivity index (χ1v) is 9.23. The molecule has 0 saturated heterocycles. The third-order valence-corrected chi connectivity index (χ3v) is 5.12. The number of hydrogen-bond acceptors (Lipinski definition) is 6. The fraction of sp³-hybridized carbons (Fsp3) is 0.273. The number of aliphatic hydroxyl groups excluding tert-OH is 1. The van der Waals surface area contributed by atoms with Gasteiger partial charge in [0.25, 0.3) is 0 Å². The Balaban J connectivity index is 1.93. The number of nitrogens with one attached hydrogen (secondary N) is 1. The summed E-state index contributed by atoms with van der Waals surface area (Å²) in [5, 5.41) is 13.9. The molecule has 3 aromatic heterocycles. The Hall–Kier alpha value is -2.96. The molecule has 2 N–H and O–H groups in total. The quantitative estimate of drug-likeness (QED) is 0.407. The molecule has 0 unspecified atom stereocenters. The predicted molar refractivity (Wildman–Crippen MR) is 108 cm³/mol. The first-order chi connectivity index (χ1) is 13.5. The minimum absolute atomic E-state index is 0.0730. The van der Waals surface area contributed by atoms with Crippen LogP contribution in [0.2, 0.25) is 0 Å². The molecule has 6 heteroatoms. The topological polar surface area (TPSA) is 88.5 Å². The number of furan rings is 1. The van der Waals surface area contributed by atoms with E-state index in [0.29, 0.717) is 35.6 Å². The van der Waals surface area contributed by atoms with Gasteiger partial charge in [-0.2, -0.15) is 0 Å². The smallest absolute Gasteiger partial charge is 0.336 e. The molecule has 0 saturated carbocycles. The monoisotopic (exact) mass is 378 g/mol. The second-order valence-corrected chi connectivity index (χ2v) is 6.99. The maximum absolute atomic E-state index is 12.2. The Morgan fingerprint density at radius 2 is 1.89 bits per heavy atom. The Bertz CT molecular complexity index is 1240. The average molecular weight is 378 g/mol. The first-order valence-electron chi connectivity index (χ1n) is 9.23. The summed E-state index contributed by atoms with van der Waals surface area (Å²) in [7, 11) is 0. The second kappa shape index (κ2) is 7.22. The lowest BCUT2D eigenvalue weighted by Gasteiger charge is -2.07. The summed E-state index contributed by atoms with van der Waals surface area (Å²) in [6.07, 6.45) is 1.81. The van der Waals surface area contributed by atoms with Gasteiger partial charge in [-0.3, -0.25) is 4.98 Å². The summed E-state index contributed by atoms with van der Waals surface area (Å²) in [5.41, 5.74) is 5.35. The number of nitrogens with zero attached hydrogens (tertiary/aromatic N) is 1. The van der Waals surface area contributed by atoms with Crippen LogP contribution in [0, 0.1) is 20.8 Å². The van der Waals surface area contributed by atoms with Gasteiger partial charge >= 0.3 is 5.63 Å². The molecule has 4 rings (SSSR count). The van der Waals surface area contributed by atoms with Crippen LogP contribution in [0.1, 0.15) is 22.4 Å². The number of fused-ring (bicyclic) bond motifs is 2. The van der Waals surface area contributed by atoms with Crippen LogP contribution in [-0.2, 0) is 6.54 Å². The molecular weight excluding hydrogens is 356 g/mol. The second-order valence-electron chi connectivity index (χ2n) is 6.99. The number of benzene rings is 1. The Morgan fingerprint density at radius 3 is 2.68 bits per heavy atom. The minimum atomic E-state index is -0.406. The van der Waals surface area contributed by atoms with Crippen LogP contribution in [0.4, 0.5) is 0 Å². The molecule has 6 nitrogen and oxygen atoms in total. The van der Waals surface area contributed by atoms with Gasteiger partial charge in [0.1, 0.15) is 11.3 Å². The van der Waals surface area contributed by atoms with Crippen molar-refractivity contribution in [1.82, 2.24) is 10.3 Å². The van der Waals surface area contributed by atoms with E-state index in [-0.39, 0.29) is 6.61 Å². The summed E-state index contributed by atoms with van der Waals surface area (Å²) >= 11 is 0. The highest BCUT2D eigenvalue weighted by Gasteiger charge is 2.17. The third kappa shape index (κ3) is 3.10. The van der Waals surface area contributed by atoms with Gasteiger partial charge in [0.15, 0.2) is 5.58 Å². The van der Waals surface area contributed by atoms with Gasteiger partial charge in [0, 0.05) is 41.7 Å². The van der Waals surface area contributed by atoms with Crippen LogP contribution in [0.15, 0.2) is 44.1 Å². The molecule has 0 amide bonds. The molecule has 1 aromatic carbocycles. The van der Waals surface area contributed by atoms with Crippen LogP contribution >= 0.6 is 0 Å². The number of aliphatic hydroxyl groups is 1. The highest BCUT2D eigenvalue weighted by Crippen LogP contribution is 2.35. The van der Waals surface area contributed by atoms with Gasteiger partial charge < -0.3 is 19.3 Å². The molecule has 0 radical (unpaired) electrons. The van der Waals surface area contributed by atoms with Crippen molar-refractivity contribution in [3.8, 4) is 11.3 Å². The molecule has 28 heavy (non-hydrogen) atoms. The predicted octanol–water partition coefficient (Wildman–Crippen LogP) is 3.61. The van der Waals surface area contributed by atoms with E-state index >= 15 is 0 Å². The van der Waals surface area contributed by atoms with Crippen molar-refractivity contribution in [1.29, 1.82) is 0 Å². The van der Waals surface area contributed by atoms with Gasteiger partial charge in [0.2, 0.25) is 0 Å². The fourth-order valence-electron chi connectivity index (χ4n) is 3.44. The van der Waals surface area contributed by atoms with Gasteiger partial charge in [-0.15, -0.1) is 0 Å². The molecule has 0 aliphatic carbocycles. The molecule has 3 heterocycles. The van der Waals surface area contributed by atoms with Crippen molar-refractivity contribution in [3.05, 3.63) is 63.3 Å². The van der Waals surface area contributed by atoms with Gasteiger partial charge in [-0.25, -0.2) is 4.79 Å². The largest absolute Gasteiger partial charge is 0.454 e. The lowest BCUT2D eigenvalue weighted by molar-refractivity contribution is 0.292. The molecule has 0 aliphatic rings. The lowest BCUT2D eigenvalue weighted by Crippen LogP contribution is -2.17. The van der Waals surface area contributed by atoms with E-state index in [1.54, 1.807) is 0 Å². The normalized spacial score (nSPS) is 11.6. The Morgan fingerprint density at radius 1 is 1.07 bits per heavy atom. The lowest BCUT2D eigenvalue weighted by atomic mass is 10.0. The number of rotatable bonds is 5. The van der Waals surface area contributed by atoms with E-state index in [1.165, 1.54) is 6.07 Å². The Kier molecular flexibility index (Phi) is 4.75. The SMILES string of the molecule is Cc1ccc2c(-c3cc4c(CNCCO)cnc(C)c4o3)cc(=O)oc2c1C. The zero-order valence-electron chi connectivity index (χ0n) is 16.1. The highest BCUT2D eigenvalue weighted by atomic mass is 16.4. The van der Waals surface area contributed by atoms with E-state index in [0.717, 1.165) is 33.2 Å². The average Bonchev–Trinajstić information content (AvgIpc) is 3.13. The maximum atomic E-state index is 12.2. The van der Waals surface area contributed by atoms with E-state index in [9.17, 15) is 4.79 Å². The number of aromatic nitrogens is 1. The third-order valence-electron chi connectivity index (χ3n) is 5.12. The summed E-state index contributed by atoms with van der Waals surface area (Å²) in [4.78, 5) is 16.6. The molecule has 0 bridgehead atoms. The molecule has 0 fully saturated rings. The van der Waals surface area contributed by atoms with Crippen molar-refractivity contribution < 1.29 is 13.9 Å². The maximum Gasteiger partial charge on any atom is 0.336 e. The van der Waals surface area contributed by atoms with E-state index < -0.39 is 5.63 Å². The molecular formula is C22H22N2O4. The zero-order chi connectivity index (χ0) is 19.8. The fourth-order valence-corrected chi connectivity index (χ4v) is 3.44. The number of pyridine rings is 1. The molecule has 4 aromatic rings. The number of aryl methyl sites for hydroxylation is 3. The van der Waals surface area contributed by atoms with Crippen LogP contribution in [-0.4, -0.2) is 23.2 Å². The van der Waals surface area contributed by atoms with Crippen molar-refractivity contribution in [2.24, 2.45) is 0 Å². The van der Waals surface area contributed by atoms with E-state index in [4.69, 9.17) is 13.9 Å². The number of hydrogen-bond donors (Lipinski definition) is 2. The van der Waals surface area contributed by atoms with Crippen molar-refractivity contribution in [3.63, 3.8) is 0 Å². The molecule has 144 valence electrons. The molecule has 0 aliphatic heterocycles. The van der Waals surface area contributed by atoms with E-state index in [1.807, 2.05) is 45.2 Å². The summed E-state index contributed by atoms with van der Waals surface area (Å²) in [6, 6.07) is 7.39. The summed E-state index contributed by atoms with van der Waals surface area (Å²) in [5.74, 6) is 0.607. The van der Waals surface area contributed by atoms with Crippen LogP contribution in [0.5, 0.6) is 0 Å². The van der Waals surface area contributed by atoms with Crippen molar-refractivity contribution in [2.75, 3.05) is 13.2 Å². The van der Waals surface area contributed by atoms with Crippen LogP contribution in [0.25, 0.3) is 33.3 Å². The van der Waals surface area contributed by atoms with Gasteiger partial charge in [-0.05, 0) is 43.5 Å². The van der Waals surface area contributed by atoms with Gasteiger partial charge in [-0.1, -0.05) is 12.1 Å². The minimum Gasteiger partial charge on any atom is -0.454 e. The standard InChI is InChI=1S/C22H22N2O4/c1-12-4-5-16-18(9-20(26)28-21(16)13(12)2)19-8-17-15(10-23-6-7-25)11-24-14(3)22(17)27-19/h4-5,8-9,11,23,25H,6-7,10H2,1-3H3. The summed E-state index contributed by atoms with van der Waals surface area (Å²) in [6.45, 7) is 6.98. The van der Waals surface area contributed by atoms with Crippen LogP contribution < -0.4 is 10.9 Å². The zero-order valence-corrected chi connectivity index (χ0v) is 16.1. The molecule has 0 spiro atoms. The Labute approximate surface area is 161 Å². The van der Waals surface area contributed by atoms with Crippen LogP contribution in [0.3, 0.4) is 0 Å². The highest BCUT2D eigenvalue weighted by molar-refractivity contribution is 5.97. The molecule has 0 atom stereocenters. The van der Waals surface area contributed by atoms with Crippen molar-refractivity contribution >= 4 is 21.9 Å². The van der Waals surface area contributed by atoms with Crippen molar-refractivity contribution in [2.45, 2.75) is 27.3 Å². The first kappa shape index (κ1) is 18.4. The summed E-state index contributed by atoms with van der Waals surface area (Å²) < 4.78 is 11.6. The van der Waals surface area contributed by atoms with Gasteiger partial charge in [0.05, 0.1) is 12.3 Å². The van der Waals surface area contributed by atoms with E-state index in [2.05, 4.69) is 10.3 Å².